The molecule has 0 aliphatic heterocycles. The van der Waals surface area contributed by atoms with E-state index in [-0.39, 0.29) is 5.82 Å². The van der Waals surface area contributed by atoms with E-state index in [2.05, 4.69) is 16.7 Å². The van der Waals surface area contributed by atoms with E-state index in [9.17, 15) is 4.39 Å². The summed E-state index contributed by atoms with van der Waals surface area (Å²) in [6.07, 6.45) is 1.96. The van der Waals surface area contributed by atoms with Crippen LogP contribution in [-0.4, -0.2) is 10.3 Å². The molecule has 3 aromatic rings. The van der Waals surface area contributed by atoms with Gasteiger partial charge in [0.15, 0.2) is 0 Å². The summed E-state index contributed by atoms with van der Waals surface area (Å²) in [6.45, 7) is 0.881. The number of fused-ring (bicyclic) bond motifs is 1. The lowest BCUT2D eigenvalue weighted by molar-refractivity contribution is 0.639. The summed E-state index contributed by atoms with van der Waals surface area (Å²) in [7, 11) is 0. The SMILES string of the molecule is Fc1cccc2c1ccn2CCSc1ccccc1. The summed E-state index contributed by atoms with van der Waals surface area (Å²) in [5, 5.41) is 0.701. The van der Waals surface area contributed by atoms with Gasteiger partial charge >= 0.3 is 0 Å². The molecule has 2 aromatic carbocycles. The van der Waals surface area contributed by atoms with Crippen LogP contribution in [0.1, 0.15) is 0 Å². The number of rotatable bonds is 4. The van der Waals surface area contributed by atoms with Crippen molar-refractivity contribution in [3.8, 4) is 0 Å². The van der Waals surface area contributed by atoms with Gasteiger partial charge in [-0.05, 0) is 30.3 Å². The van der Waals surface area contributed by atoms with Crippen LogP contribution in [0.15, 0.2) is 65.7 Å². The molecule has 0 saturated heterocycles. The van der Waals surface area contributed by atoms with Gasteiger partial charge in [-0.25, -0.2) is 4.39 Å². The number of hydrogen-bond acceptors (Lipinski definition) is 1. The maximum atomic E-state index is 13.6. The molecule has 96 valence electrons. The molecule has 0 unspecified atom stereocenters. The van der Waals surface area contributed by atoms with Gasteiger partial charge in [-0.15, -0.1) is 11.8 Å². The first kappa shape index (κ1) is 12.3. The van der Waals surface area contributed by atoms with Crippen LogP contribution in [0.3, 0.4) is 0 Å². The van der Waals surface area contributed by atoms with Crippen molar-refractivity contribution in [2.45, 2.75) is 11.4 Å². The van der Waals surface area contributed by atoms with Crippen LogP contribution >= 0.6 is 11.8 Å². The molecule has 0 saturated carbocycles. The molecule has 0 aliphatic carbocycles. The van der Waals surface area contributed by atoms with Gasteiger partial charge in [0.05, 0.1) is 5.52 Å². The van der Waals surface area contributed by atoms with Crippen molar-refractivity contribution in [3.63, 3.8) is 0 Å². The van der Waals surface area contributed by atoms with Gasteiger partial charge in [-0.2, -0.15) is 0 Å². The number of benzene rings is 2. The number of hydrogen-bond donors (Lipinski definition) is 0. The van der Waals surface area contributed by atoms with Crippen LogP contribution in [0.2, 0.25) is 0 Å². The largest absolute Gasteiger partial charge is 0.347 e. The summed E-state index contributed by atoms with van der Waals surface area (Å²) in [5.41, 5.74) is 0.966. The van der Waals surface area contributed by atoms with Gasteiger partial charge in [0, 0.05) is 28.8 Å². The average Bonchev–Trinajstić information content (AvgIpc) is 2.85. The molecule has 1 nitrogen and oxygen atoms in total. The molecule has 3 heteroatoms. The molecule has 1 aromatic heterocycles. The maximum Gasteiger partial charge on any atom is 0.132 e. The fourth-order valence-corrected chi connectivity index (χ4v) is 3.03. The van der Waals surface area contributed by atoms with Crippen molar-refractivity contribution in [2.24, 2.45) is 0 Å². The van der Waals surface area contributed by atoms with Crippen LogP contribution in [0.5, 0.6) is 0 Å². The van der Waals surface area contributed by atoms with E-state index < -0.39 is 0 Å². The second kappa shape index (κ2) is 5.49. The number of halogens is 1. The first-order valence-corrected chi connectivity index (χ1v) is 7.24. The van der Waals surface area contributed by atoms with E-state index in [1.807, 2.05) is 48.3 Å². The van der Waals surface area contributed by atoms with Crippen LogP contribution in [0.4, 0.5) is 4.39 Å². The second-order valence-corrected chi connectivity index (χ2v) is 5.51. The van der Waals surface area contributed by atoms with Crippen LogP contribution in [-0.2, 0) is 6.54 Å². The Labute approximate surface area is 116 Å². The zero-order chi connectivity index (χ0) is 13.1. The van der Waals surface area contributed by atoms with Crippen molar-refractivity contribution in [1.29, 1.82) is 0 Å². The van der Waals surface area contributed by atoms with Gasteiger partial charge in [-0.3, -0.25) is 0 Å². The minimum absolute atomic E-state index is 0.146. The molecule has 0 N–H and O–H groups in total. The highest BCUT2D eigenvalue weighted by molar-refractivity contribution is 7.99. The van der Waals surface area contributed by atoms with E-state index in [0.717, 1.165) is 17.8 Å². The van der Waals surface area contributed by atoms with Gasteiger partial charge in [0.2, 0.25) is 0 Å². The summed E-state index contributed by atoms with van der Waals surface area (Å²) in [6, 6.07) is 17.4. The lowest BCUT2D eigenvalue weighted by atomic mass is 10.2. The quantitative estimate of drug-likeness (QED) is 0.629. The Morgan fingerprint density at radius 2 is 1.79 bits per heavy atom. The van der Waals surface area contributed by atoms with E-state index in [1.165, 1.54) is 11.0 Å². The van der Waals surface area contributed by atoms with Gasteiger partial charge in [0.25, 0.3) is 0 Å². The third-order valence-corrected chi connectivity index (χ3v) is 4.10. The Kier molecular flexibility index (Phi) is 3.56. The standard InChI is InChI=1S/C16H14FNS/c17-15-7-4-8-16-14(15)9-10-18(16)11-12-19-13-5-2-1-3-6-13/h1-10H,11-12H2. The zero-order valence-electron chi connectivity index (χ0n) is 10.4. The minimum atomic E-state index is -0.146. The lowest BCUT2D eigenvalue weighted by Crippen LogP contribution is -1.98. The molecule has 0 bridgehead atoms. The minimum Gasteiger partial charge on any atom is -0.347 e. The van der Waals surface area contributed by atoms with Gasteiger partial charge in [0.1, 0.15) is 5.82 Å². The highest BCUT2D eigenvalue weighted by Gasteiger charge is 2.04. The molecule has 19 heavy (non-hydrogen) atoms. The monoisotopic (exact) mass is 271 g/mol. The Morgan fingerprint density at radius 3 is 2.63 bits per heavy atom. The highest BCUT2D eigenvalue weighted by Crippen LogP contribution is 2.21. The van der Waals surface area contributed by atoms with Crippen LogP contribution in [0, 0.1) is 5.82 Å². The summed E-state index contributed by atoms with van der Waals surface area (Å²) in [5.74, 6) is 0.830. The number of nitrogens with zero attached hydrogens (tertiary/aromatic N) is 1. The molecule has 0 atom stereocenters. The Balaban J connectivity index is 1.71. The summed E-state index contributed by atoms with van der Waals surface area (Å²) < 4.78 is 15.7. The van der Waals surface area contributed by atoms with E-state index >= 15 is 0 Å². The Bertz CT molecular complexity index is 676. The summed E-state index contributed by atoms with van der Waals surface area (Å²) in [4.78, 5) is 1.27. The van der Waals surface area contributed by atoms with E-state index in [4.69, 9.17) is 0 Å². The molecule has 0 aliphatic rings. The maximum absolute atomic E-state index is 13.6. The highest BCUT2D eigenvalue weighted by atomic mass is 32.2. The molecular weight excluding hydrogens is 257 g/mol. The van der Waals surface area contributed by atoms with Gasteiger partial charge in [-0.1, -0.05) is 24.3 Å². The van der Waals surface area contributed by atoms with Crippen molar-refractivity contribution in [3.05, 3.63) is 66.6 Å². The molecular formula is C16H14FNS. The Hall–Kier alpha value is -1.74. The predicted octanol–water partition coefficient (Wildman–Crippen LogP) is 4.57. The topological polar surface area (TPSA) is 4.93 Å². The Morgan fingerprint density at radius 1 is 0.947 bits per heavy atom. The fraction of sp³-hybridized carbons (Fsp3) is 0.125. The van der Waals surface area contributed by atoms with Crippen molar-refractivity contribution in [1.82, 2.24) is 4.57 Å². The molecule has 0 radical (unpaired) electrons. The summed E-state index contributed by atoms with van der Waals surface area (Å²) >= 11 is 1.82. The fourth-order valence-electron chi connectivity index (χ4n) is 2.16. The normalized spacial score (nSPS) is 11.0. The third-order valence-electron chi connectivity index (χ3n) is 3.10. The van der Waals surface area contributed by atoms with E-state index in [1.54, 1.807) is 6.07 Å². The van der Waals surface area contributed by atoms with Crippen molar-refractivity contribution < 1.29 is 4.39 Å². The molecule has 0 amide bonds. The number of aromatic nitrogens is 1. The first-order chi connectivity index (χ1) is 9.34. The molecule has 3 rings (SSSR count). The third kappa shape index (κ3) is 2.66. The molecule has 0 spiro atoms. The number of thioether (sulfide) groups is 1. The zero-order valence-corrected chi connectivity index (χ0v) is 11.2. The van der Waals surface area contributed by atoms with Crippen molar-refractivity contribution >= 4 is 22.7 Å². The molecule has 0 fully saturated rings. The lowest BCUT2D eigenvalue weighted by Gasteiger charge is -2.05. The van der Waals surface area contributed by atoms with Crippen molar-refractivity contribution in [2.75, 3.05) is 5.75 Å². The second-order valence-electron chi connectivity index (χ2n) is 4.34. The average molecular weight is 271 g/mol. The van der Waals surface area contributed by atoms with E-state index in [0.29, 0.717) is 5.39 Å². The van der Waals surface area contributed by atoms with Gasteiger partial charge < -0.3 is 4.57 Å². The smallest absolute Gasteiger partial charge is 0.132 e. The van der Waals surface area contributed by atoms with Crippen LogP contribution in [0.25, 0.3) is 10.9 Å². The molecule has 1 heterocycles. The predicted molar refractivity (Wildman–Crippen MR) is 79.1 cm³/mol. The number of aryl methyl sites for hydroxylation is 1. The first-order valence-electron chi connectivity index (χ1n) is 6.26. The van der Waals surface area contributed by atoms with Crippen LogP contribution < -0.4 is 0 Å².